The van der Waals surface area contributed by atoms with Crippen molar-refractivity contribution in [3.8, 4) is 0 Å². The molecule has 158 valence electrons. The molecule has 0 bridgehead atoms. The molecule has 0 spiro atoms. The van der Waals surface area contributed by atoms with Gasteiger partial charge in [-0.3, -0.25) is 0 Å². The van der Waals surface area contributed by atoms with E-state index in [1.807, 2.05) is 0 Å². The summed E-state index contributed by atoms with van der Waals surface area (Å²) in [4.78, 5) is 0. The number of aliphatic hydroxyl groups excluding tert-OH is 1. The van der Waals surface area contributed by atoms with Gasteiger partial charge in [-0.25, -0.2) is 8.42 Å². The van der Waals surface area contributed by atoms with Gasteiger partial charge in [0.1, 0.15) is 0 Å². The second-order valence-electron chi connectivity index (χ2n) is 7.80. The average Bonchev–Trinajstić information content (AvgIpc) is 2.58. The van der Waals surface area contributed by atoms with Gasteiger partial charge in [-0.05, 0) is 19.3 Å². The predicted molar refractivity (Wildman–Crippen MR) is 109 cm³/mol. The van der Waals surface area contributed by atoms with E-state index < -0.39 is 10.1 Å². The zero-order valence-electron chi connectivity index (χ0n) is 18.1. The summed E-state index contributed by atoms with van der Waals surface area (Å²) in [5.74, 6) is -0.256. The first-order valence-corrected chi connectivity index (χ1v) is 12.6. The Morgan fingerprint density at radius 2 is 1.00 bits per heavy atom. The third-order valence-corrected chi connectivity index (χ3v) is 5.86. The molecule has 1 N–H and O–H groups in total. The third kappa shape index (κ3) is 26.9. The summed E-state index contributed by atoms with van der Waals surface area (Å²) in [7, 11) is -4.06. The molecular weight excluding hydrogens is 371 g/mol. The van der Waals surface area contributed by atoms with Gasteiger partial charge < -0.3 is 9.66 Å². The van der Waals surface area contributed by atoms with Crippen LogP contribution < -0.4 is 29.6 Å². The third-order valence-electron chi connectivity index (χ3n) is 5.07. The minimum absolute atomic E-state index is 0. The first-order chi connectivity index (χ1) is 12.5. The summed E-state index contributed by atoms with van der Waals surface area (Å²) in [5, 5.41) is 9.95. The molecule has 0 amide bonds. The number of hydrogen-bond donors (Lipinski definition) is 1. The summed E-state index contributed by atoms with van der Waals surface area (Å²) in [6.07, 6.45) is 20.4. The summed E-state index contributed by atoms with van der Waals surface area (Å²) in [5.41, 5.74) is 0. The Morgan fingerprint density at radius 1 is 0.667 bits per heavy atom. The monoisotopic (exact) mass is 414 g/mol. The molecule has 0 saturated carbocycles. The van der Waals surface area contributed by atoms with Gasteiger partial charge in [-0.1, -0.05) is 103 Å². The van der Waals surface area contributed by atoms with E-state index in [1.54, 1.807) is 0 Å². The summed E-state index contributed by atoms with van der Waals surface area (Å²) in [6.45, 7) is 2.26. The molecule has 0 radical (unpaired) electrons. The molecule has 0 saturated heterocycles. The standard InChI is InChI=1S/C21H44O4S.Na/c1-2-3-4-5-6-7-8-9-10-11-12-15-18-21(22)19-16-13-14-17-20-26(23,24)25;/h21-22H,2-20H2,1H3,(H,23,24,25);/q;+1/p-1. The van der Waals surface area contributed by atoms with Crippen LogP contribution >= 0.6 is 0 Å². The quantitative estimate of drug-likeness (QED) is 0.189. The Labute approximate surface area is 191 Å². The molecule has 0 rings (SSSR count). The van der Waals surface area contributed by atoms with E-state index in [4.69, 9.17) is 0 Å². The smallest absolute Gasteiger partial charge is 0.748 e. The number of unbranched alkanes of at least 4 members (excludes halogenated alkanes) is 14. The zero-order valence-corrected chi connectivity index (χ0v) is 20.9. The van der Waals surface area contributed by atoms with E-state index in [0.29, 0.717) is 6.42 Å². The van der Waals surface area contributed by atoms with Gasteiger partial charge in [0.2, 0.25) is 0 Å². The van der Waals surface area contributed by atoms with Crippen molar-refractivity contribution >= 4 is 10.1 Å². The van der Waals surface area contributed by atoms with Gasteiger partial charge >= 0.3 is 29.6 Å². The van der Waals surface area contributed by atoms with Gasteiger partial charge in [0.05, 0.1) is 16.2 Å². The maximum atomic E-state index is 10.5. The van der Waals surface area contributed by atoms with Crippen LogP contribution in [0.4, 0.5) is 0 Å². The Kier molecular flexibility index (Phi) is 24.0. The maximum Gasteiger partial charge on any atom is 1.00 e. The topological polar surface area (TPSA) is 77.4 Å². The fourth-order valence-electron chi connectivity index (χ4n) is 3.38. The maximum absolute atomic E-state index is 10.5. The van der Waals surface area contributed by atoms with Gasteiger partial charge in [0.25, 0.3) is 0 Å². The number of hydrogen-bond acceptors (Lipinski definition) is 4. The molecule has 1 unspecified atom stereocenters. The SMILES string of the molecule is CCCCCCCCCCCCCCC(O)CCCCCCS(=O)(=O)[O-].[Na+]. The summed E-state index contributed by atoms with van der Waals surface area (Å²) < 4.78 is 31.4. The van der Waals surface area contributed by atoms with E-state index in [-0.39, 0.29) is 41.4 Å². The largest absolute Gasteiger partial charge is 1.00 e. The number of aliphatic hydroxyl groups is 1. The molecule has 27 heavy (non-hydrogen) atoms. The van der Waals surface area contributed by atoms with Crippen molar-refractivity contribution in [1.29, 1.82) is 0 Å². The zero-order chi connectivity index (χ0) is 19.5. The van der Waals surface area contributed by atoms with E-state index in [9.17, 15) is 18.1 Å². The van der Waals surface area contributed by atoms with E-state index in [2.05, 4.69) is 6.92 Å². The van der Waals surface area contributed by atoms with Crippen LogP contribution in [0.25, 0.3) is 0 Å². The molecule has 0 aromatic heterocycles. The fourth-order valence-corrected chi connectivity index (χ4v) is 3.94. The van der Waals surface area contributed by atoms with Crippen LogP contribution in [0.5, 0.6) is 0 Å². The average molecular weight is 415 g/mol. The molecule has 0 aromatic rings. The van der Waals surface area contributed by atoms with Crippen LogP contribution in [0.1, 0.15) is 122 Å². The normalized spacial score (nSPS) is 12.7. The minimum Gasteiger partial charge on any atom is -0.748 e. The molecular formula is C21H43NaO4S. The molecule has 6 heteroatoms. The second kappa shape index (κ2) is 21.6. The Morgan fingerprint density at radius 3 is 1.37 bits per heavy atom. The second-order valence-corrected chi connectivity index (χ2v) is 9.32. The van der Waals surface area contributed by atoms with Crippen LogP contribution in [0.15, 0.2) is 0 Å². The summed E-state index contributed by atoms with van der Waals surface area (Å²) >= 11 is 0. The van der Waals surface area contributed by atoms with Crippen molar-refractivity contribution in [2.75, 3.05) is 5.75 Å². The van der Waals surface area contributed by atoms with E-state index in [1.165, 1.54) is 70.6 Å². The van der Waals surface area contributed by atoms with Crippen molar-refractivity contribution in [2.24, 2.45) is 0 Å². The van der Waals surface area contributed by atoms with Crippen LogP contribution in [-0.4, -0.2) is 29.9 Å². The number of rotatable bonds is 20. The minimum atomic E-state index is -4.06. The van der Waals surface area contributed by atoms with Gasteiger partial charge in [-0.2, -0.15) is 0 Å². The van der Waals surface area contributed by atoms with E-state index in [0.717, 1.165) is 38.5 Å². The van der Waals surface area contributed by atoms with Crippen molar-refractivity contribution < 1.29 is 47.6 Å². The van der Waals surface area contributed by atoms with E-state index >= 15 is 0 Å². The van der Waals surface area contributed by atoms with Crippen LogP contribution in [0.2, 0.25) is 0 Å². The van der Waals surface area contributed by atoms with Crippen LogP contribution in [-0.2, 0) is 10.1 Å². The van der Waals surface area contributed by atoms with Crippen molar-refractivity contribution in [3.63, 3.8) is 0 Å². The van der Waals surface area contributed by atoms with Crippen LogP contribution in [0.3, 0.4) is 0 Å². The molecule has 0 aliphatic heterocycles. The first kappa shape index (κ1) is 30.1. The fraction of sp³-hybridized carbons (Fsp3) is 1.00. The van der Waals surface area contributed by atoms with Crippen molar-refractivity contribution in [1.82, 2.24) is 0 Å². The van der Waals surface area contributed by atoms with Crippen molar-refractivity contribution in [3.05, 3.63) is 0 Å². The Bertz CT molecular complexity index is 388. The molecule has 0 heterocycles. The van der Waals surface area contributed by atoms with Gasteiger partial charge in [-0.15, -0.1) is 0 Å². The Hall–Kier alpha value is 0.870. The summed E-state index contributed by atoms with van der Waals surface area (Å²) in [6, 6.07) is 0. The van der Waals surface area contributed by atoms with Gasteiger partial charge in [0, 0.05) is 5.75 Å². The Balaban J connectivity index is 0. The van der Waals surface area contributed by atoms with Gasteiger partial charge in [0.15, 0.2) is 0 Å². The predicted octanol–water partition coefficient (Wildman–Crippen LogP) is 2.94. The molecule has 0 aliphatic rings. The van der Waals surface area contributed by atoms with Crippen molar-refractivity contribution in [2.45, 2.75) is 129 Å². The molecule has 0 fully saturated rings. The molecule has 0 aromatic carbocycles. The molecule has 4 nitrogen and oxygen atoms in total. The molecule has 1 atom stereocenters. The molecule has 0 aliphatic carbocycles. The van der Waals surface area contributed by atoms with Crippen LogP contribution in [0, 0.1) is 0 Å². The first-order valence-electron chi connectivity index (χ1n) is 11.1.